The number of allylic oxidation sites excluding steroid dienone is 2. The van der Waals surface area contributed by atoms with E-state index in [9.17, 15) is 4.79 Å². The van der Waals surface area contributed by atoms with Gasteiger partial charge >= 0.3 is 6.09 Å². The standard InChI is InChI=1S/C29H31ClN2O2/c1-29(2,3)34-28(33)32-12-4-5-27(32)26-16-24-23-15-18-7-6-17-13-20(30)9-10-21(17)22(18)14-19(23)8-11-25(24)31-26/h9-10,13-15,27H,4-8,11-12,16H2,1-3H3/t27-/m0/s1. The normalized spacial score (nSPS) is 21.0. The van der Waals surface area contributed by atoms with E-state index >= 15 is 0 Å². The first-order valence-corrected chi connectivity index (χ1v) is 12.9. The molecule has 2 aliphatic carbocycles. The number of likely N-dealkylation sites (tertiary alicyclic amines) is 1. The number of aliphatic imine (C=N–C) groups is 1. The minimum absolute atomic E-state index is 0.0538. The van der Waals surface area contributed by atoms with Crippen LogP contribution in [0.5, 0.6) is 0 Å². The molecule has 4 aliphatic rings. The Labute approximate surface area is 206 Å². The lowest BCUT2D eigenvalue weighted by molar-refractivity contribution is 0.0265. The first kappa shape index (κ1) is 21.9. The van der Waals surface area contributed by atoms with Gasteiger partial charge in [-0.3, -0.25) is 9.89 Å². The second-order valence-electron chi connectivity index (χ2n) is 11.0. The molecule has 2 aliphatic heterocycles. The summed E-state index contributed by atoms with van der Waals surface area (Å²) in [7, 11) is 0. The van der Waals surface area contributed by atoms with Crippen molar-refractivity contribution in [3.05, 3.63) is 63.3 Å². The molecular weight excluding hydrogens is 444 g/mol. The third-order valence-corrected chi connectivity index (χ3v) is 7.79. The summed E-state index contributed by atoms with van der Waals surface area (Å²) in [6.45, 7) is 6.52. The van der Waals surface area contributed by atoms with Gasteiger partial charge in [0.1, 0.15) is 5.60 Å². The summed E-state index contributed by atoms with van der Waals surface area (Å²) in [4.78, 5) is 19.9. The average molecular weight is 475 g/mol. The van der Waals surface area contributed by atoms with Gasteiger partial charge in [0.05, 0.1) is 6.04 Å². The molecule has 1 fully saturated rings. The van der Waals surface area contributed by atoms with Gasteiger partial charge in [-0.25, -0.2) is 4.79 Å². The van der Waals surface area contributed by atoms with Gasteiger partial charge in [0.25, 0.3) is 0 Å². The maximum Gasteiger partial charge on any atom is 0.410 e. The molecule has 176 valence electrons. The molecule has 0 spiro atoms. The summed E-state index contributed by atoms with van der Waals surface area (Å²) in [5.74, 6) is 0. The molecule has 0 N–H and O–H groups in total. The molecule has 1 saturated heterocycles. The minimum Gasteiger partial charge on any atom is -0.444 e. The first-order chi connectivity index (χ1) is 16.3. The smallest absolute Gasteiger partial charge is 0.410 e. The number of benzene rings is 2. The highest BCUT2D eigenvalue weighted by Gasteiger charge is 2.38. The van der Waals surface area contributed by atoms with E-state index in [1.165, 1.54) is 44.7 Å². The maximum absolute atomic E-state index is 12.8. The molecule has 2 heterocycles. The largest absolute Gasteiger partial charge is 0.444 e. The van der Waals surface area contributed by atoms with E-state index in [0.29, 0.717) is 0 Å². The second kappa shape index (κ2) is 7.98. The van der Waals surface area contributed by atoms with Crippen molar-refractivity contribution in [3.63, 3.8) is 0 Å². The van der Waals surface area contributed by atoms with Crippen LogP contribution in [0.1, 0.15) is 68.7 Å². The molecule has 0 radical (unpaired) electrons. The summed E-state index contributed by atoms with van der Waals surface area (Å²) in [6.07, 6.45) is 6.66. The predicted octanol–water partition coefficient (Wildman–Crippen LogP) is 7.01. The summed E-state index contributed by atoms with van der Waals surface area (Å²) in [5.41, 5.74) is 11.5. The predicted molar refractivity (Wildman–Crippen MR) is 138 cm³/mol. The third-order valence-electron chi connectivity index (χ3n) is 7.56. The van der Waals surface area contributed by atoms with Gasteiger partial charge in [0.15, 0.2) is 0 Å². The van der Waals surface area contributed by atoms with Crippen molar-refractivity contribution in [1.29, 1.82) is 0 Å². The highest BCUT2D eigenvalue weighted by atomic mass is 35.5. The highest BCUT2D eigenvalue weighted by molar-refractivity contribution is 6.30. The van der Waals surface area contributed by atoms with Gasteiger partial charge in [-0.05, 0) is 110 Å². The Morgan fingerprint density at radius 3 is 2.50 bits per heavy atom. The van der Waals surface area contributed by atoms with E-state index in [4.69, 9.17) is 21.3 Å². The second-order valence-corrected chi connectivity index (χ2v) is 11.4. The number of rotatable bonds is 1. The molecule has 6 rings (SSSR count). The number of carbonyl (C=O) groups is 1. The van der Waals surface area contributed by atoms with E-state index in [1.807, 2.05) is 31.7 Å². The van der Waals surface area contributed by atoms with Gasteiger partial charge in [-0.1, -0.05) is 29.8 Å². The van der Waals surface area contributed by atoms with E-state index in [-0.39, 0.29) is 12.1 Å². The topological polar surface area (TPSA) is 41.9 Å². The molecular formula is C29H31ClN2O2. The first-order valence-electron chi connectivity index (χ1n) is 12.5. The Morgan fingerprint density at radius 2 is 1.71 bits per heavy atom. The van der Waals surface area contributed by atoms with Crippen LogP contribution in [-0.4, -0.2) is 34.9 Å². The van der Waals surface area contributed by atoms with Crippen molar-refractivity contribution in [2.24, 2.45) is 4.99 Å². The summed E-state index contributed by atoms with van der Waals surface area (Å²) in [5, 5.41) is 0.818. The van der Waals surface area contributed by atoms with Crippen molar-refractivity contribution in [2.75, 3.05) is 6.54 Å². The Hall–Kier alpha value is -2.59. The van der Waals surface area contributed by atoms with Crippen molar-refractivity contribution < 1.29 is 9.53 Å². The number of nitrogens with zero attached hydrogens (tertiary/aromatic N) is 2. The molecule has 4 nitrogen and oxygen atoms in total. The molecule has 34 heavy (non-hydrogen) atoms. The molecule has 2 aromatic rings. The van der Waals surface area contributed by atoms with Gasteiger partial charge in [0.2, 0.25) is 0 Å². The van der Waals surface area contributed by atoms with Crippen LogP contribution in [0.3, 0.4) is 0 Å². The van der Waals surface area contributed by atoms with Crippen LogP contribution in [0, 0.1) is 0 Å². The monoisotopic (exact) mass is 474 g/mol. The zero-order valence-corrected chi connectivity index (χ0v) is 21.0. The number of halogens is 1. The van der Waals surface area contributed by atoms with E-state index in [0.717, 1.165) is 62.2 Å². The number of fused-ring (bicyclic) bond motifs is 5. The number of amides is 1. The van der Waals surface area contributed by atoms with Crippen molar-refractivity contribution in [3.8, 4) is 11.1 Å². The molecule has 0 aromatic heterocycles. The Balaban J connectivity index is 1.28. The van der Waals surface area contributed by atoms with Crippen molar-refractivity contribution in [2.45, 2.75) is 77.4 Å². The number of hydrogen-bond donors (Lipinski definition) is 0. The Kier molecular flexibility index (Phi) is 5.14. The molecule has 0 unspecified atom stereocenters. The molecule has 5 heteroatoms. The molecule has 2 aromatic carbocycles. The average Bonchev–Trinajstić information content (AvgIpc) is 3.43. The van der Waals surface area contributed by atoms with Gasteiger partial charge in [0, 0.05) is 29.4 Å². The number of aryl methyl sites for hydroxylation is 3. The van der Waals surface area contributed by atoms with Crippen LogP contribution in [0.15, 0.2) is 41.0 Å². The van der Waals surface area contributed by atoms with Crippen LogP contribution in [-0.2, 0) is 24.0 Å². The van der Waals surface area contributed by atoms with Crippen LogP contribution < -0.4 is 0 Å². The Morgan fingerprint density at radius 1 is 1.00 bits per heavy atom. The summed E-state index contributed by atoms with van der Waals surface area (Å²) >= 11 is 6.26. The number of ether oxygens (including phenoxy) is 1. The third kappa shape index (κ3) is 3.76. The summed E-state index contributed by atoms with van der Waals surface area (Å²) in [6, 6.07) is 11.2. The zero-order chi connectivity index (χ0) is 23.6. The van der Waals surface area contributed by atoms with Crippen molar-refractivity contribution in [1.82, 2.24) is 4.90 Å². The molecule has 0 bridgehead atoms. The lowest BCUT2D eigenvalue weighted by atomic mass is 9.79. The minimum atomic E-state index is -0.485. The van der Waals surface area contributed by atoms with Gasteiger partial charge in [-0.2, -0.15) is 0 Å². The lowest BCUT2D eigenvalue weighted by Crippen LogP contribution is -2.43. The molecule has 1 amide bonds. The van der Waals surface area contributed by atoms with Crippen molar-refractivity contribution >= 4 is 29.0 Å². The number of hydrogen-bond acceptors (Lipinski definition) is 3. The fourth-order valence-electron chi connectivity index (χ4n) is 6.05. The molecule has 0 saturated carbocycles. The van der Waals surface area contributed by atoms with Crippen LogP contribution >= 0.6 is 11.6 Å². The van der Waals surface area contributed by atoms with E-state index in [2.05, 4.69) is 24.3 Å². The Bertz CT molecular complexity index is 1270. The quantitative estimate of drug-likeness (QED) is 0.446. The van der Waals surface area contributed by atoms with Gasteiger partial charge < -0.3 is 4.74 Å². The van der Waals surface area contributed by atoms with E-state index < -0.39 is 5.60 Å². The van der Waals surface area contributed by atoms with E-state index in [1.54, 1.807) is 0 Å². The number of carbonyl (C=O) groups excluding carboxylic acids is 1. The maximum atomic E-state index is 12.8. The van der Waals surface area contributed by atoms with Gasteiger partial charge in [-0.15, -0.1) is 0 Å². The fraction of sp³-hybridized carbons (Fsp3) is 0.448. The zero-order valence-electron chi connectivity index (χ0n) is 20.2. The van der Waals surface area contributed by atoms with Crippen LogP contribution in [0.25, 0.3) is 16.7 Å². The molecule has 1 atom stereocenters. The SMILES string of the molecule is CC(C)(C)OC(=O)N1CCC[C@H]1C1=NC2=C(C1)c1cc3c(cc1CC2)-c1ccc(Cl)cc1CC3. The van der Waals surface area contributed by atoms with Crippen LogP contribution in [0.2, 0.25) is 5.02 Å². The highest BCUT2D eigenvalue weighted by Crippen LogP contribution is 2.44. The fourth-order valence-corrected chi connectivity index (χ4v) is 6.25. The summed E-state index contributed by atoms with van der Waals surface area (Å²) < 4.78 is 5.69. The lowest BCUT2D eigenvalue weighted by Gasteiger charge is -2.29. The van der Waals surface area contributed by atoms with Crippen LogP contribution in [0.4, 0.5) is 4.79 Å².